The third-order valence-corrected chi connectivity index (χ3v) is 6.97. The maximum atomic E-state index is 12.5. The van der Waals surface area contributed by atoms with Crippen LogP contribution in [0.5, 0.6) is 0 Å². The minimum Gasteiger partial charge on any atom is -0.462 e. The minimum absolute atomic E-state index is 0.0750. The van der Waals surface area contributed by atoms with Gasteiger partial charge in [0.1, 0.15) is 6.10 Å². The lowest BCUT2D eigenvalue weighted by atomic mass is 9.70. The fourth-order valence-corrected chi connectivity index (χ4v) is 4.73. The van der Waals surface area contributed by atoms with Gasteiger partial charge in [0.05, 0.1) is 12.1 Å². The van der Waals surface area contributed by atoms with Crippen LogP contribution in [0.25, 0.3) is 0 Å². The smallest absolute Gasteiger partial charge is 0.310 e. The van der Waals surface area contributed by atoms with Crippen LogP contribution in [0.4, 0.5) is 0 Å². The lowest BCUT2D eigenvalue weighted by molar-refractivity contribution is -0.156. The lowest BCUT2D eigenvalue weighted by Crippen LogP contribution is -2.38. The average Bonchev–Trinajstić information content (AvgIpc) is 2.87. The number of rotatable bonds is 3. The molecule has 0 N–H and O–H groups in total. The summed E-state index contributed by atoms with van der Waals surface area (Å²) in [5.41, 5.74) is 3.40. The van der Waals surface area contributed by atoms with E-state index in [1.165, 1.54) is 12.8 Å². The van der Waals surface area contributed by atoms with Gasteiger partial charge in [-0.05, 0) is 44.4 Å². The van der Waals surface area contributed by atoms with E-state index in [0.717, 1.165) is 23.4 Å². The van der Waals surface area contributed by atoms with Gasteiger partial charge < -0.3 is 4.74 Å². The first-order valence-corrected chi connectivity index (χ1v) is 8.35. The molecule has 2 saturated carbocycles. The van der Waals surface area contributed by atoms with Crippen LogP contribution >= 0.6 is 0 Å². The molecule has 22 heavy (non-hydrogen) atoms. The van der Waals surface area contributed by atoms with E-state index in [1.54, 1.807) is 0 Å². The van der Waals surface area contributed by atoms with E-state index < -0.39 is 0 Å². The van der Waals surface area contributed by atoms with Gasteiger partial charge in [0.25, 0.3) is 0 Å². The molecule has 0 unspecified atom stereocenters. The number of aryl methyl sites for hydroxylation is 2. The Hall–Kier alpha value is -1.32. The zero-order valence-electron chi connectivity index (χ0n) is 14.7. The van der Waals surface area contributed by atoms with E-state index in [1.807, 2.05) is 25.6 Å². The first-order valence-electron chi connectivity index (χ1n) is 8.35. The highest BCUT2D eigenvalue weighted by Gasteiger charge is 2.62. The van der Waals surface area contributed by atoms with Crippen LogP contribution in [0.3, 0.4) is 0 Å². The van der Waals surface area contributed by atoms with Crippen molar-refractivity contribution in [2.45, 2.75) is 66.4 Å². The quantitative estimate of drug-likeness (QED) is 0.805. The summed E-state index contributed by atoms with van der Waals surface area (Å²) in [5.74, 6) is 0.589. The van der Waals surface area contributed by atoms with Crippen molar-refractivity contribution in [2.24, 2.45) is 23.8 Å². The Labute approximate surface area is 133 Å². The van der Waals surface area contributed by atoms with E-state index in [9.17, 15) is 4.79 Å². The molecule has 2 fully saturated rings. The summed E-state index contributed by atoms with van der Waals surface area (Å²) in [4.78, 5) is 12.5. The van der Waals surface area contributed by atoms with E-state index in [2.05, 4.69) is 25.9 Å². The normalized spacial score (nSPS) is 32.5. The van der Waals surface area contributed by atoms with Gasteiger partial charge >= 0.3 is 5.97 Å². The number of carbonyl (C=O) groups is 1. The Kier molecular flexibility index (Phi) is 3.42. The predicted molar refractivity (Wildman–Crippen MR) is 85.5 cm³/mol. The van der Waals surface area contributed by atoms with Gasteiger partial charge in [0.15, 0.2) is 0 Å². The van der Waals surface area contributed by atoms with Crippen molar-refractivity contribution >= 4 is 5.97 Å². The molecule has 2 aliphatic carbocycles. The fourth-order valence-electron chi connectivity index (χ4n) is 4.73. The zero-order chi connectivity index (χ0) is 16.3. The summed E-state index contributed by atoms with van der Waals surface area (Å²) in [5, 5.41) is 4.38. The van der Waals surface area contributed by atoms with Crippen LogP contribution in [0, 0.1) is 30.6 Å². The molecule has 2 bridgehead atoms. The molecular weight excluding hydrogens is 276 g/mol. The Morgan fingerprint density at radius 2 is 2.05 bits per heavy atom. The third-order valence-electron chi connectivity index (χ3n) is 6.97. The van der Waals surface area contributed by atoms with Gasteiger partial charge in [-0.3, -0.25) is 9.48 Å². The van der Waals surface area contributed by atoms with Crippen molar-refractivity contribution in [3.8, 4) is 0 Å². The van der Waals surface area contributed by atoms with Crippen molar-refractivity contribution in [3.05, 3.63) is 17.0 Å². The molecule has 1 heterocycles. The molecular formula is C18H28N2O2. The molecule has 1 aromatic rings. The van der Waals surface area contributed by atoms with Crippen molar-refractivity contribution in [3.63, 3.8) is 0 Å². The number of fused-ring (bicyclic) bond motifs is 2. The maximum absolute atomic E-state index is 12.5. The second-order valence-corrected chi connectivity index (χ2v) is 8.04. The van der Waals surface area contributed by atoms with E-state index in [-0.39, 0.29) is 22.9 Å². The highest BCUT2D eigenvalue weighted by Crippen LogP contribution is 2.66. The average molecular weight is 304 g/mol. The Morgan fingerprint density at radius 3 is 2.50 bits per heavy atom. The van der Waals surface area contributed by atoms with Crippen molar-refractivity contribution < 1.29 is 9.53 Å². The van der Waals surface area contributed by atoms with Gasteiger partial charge in [0, 0.05) is 23.7 Å². The van der Waals surface area contributed by atoms with E-state index >= 15 is 0 Å². The van der Waals surface area contributed by atoms with E-state index in [4.69, 9.17) is 4.74 Å². The van der Waals surface area contributed by atoms with Gasteiger partial charge in [0.2, 0.25) is 0 Å². The van der Waals surface area contributed by atoms with Crippen LogP contribution in [-0.2, 0) is 23.0 Å². The third kappa shape index (κ3) is 2.03. The van der Waals surface area contributed by atoms with Crippen molar-refractivity contribution in [1.82, 2.24) is 9.78 Å². The van der Waals surface area contributed by atoms with Crippen LogP contribution < -0.4 is 0 Å². The molecule has 3 atom stereocenters. The zero-order valence-corrected chi connectivity index (χ0v) is 14.7. The SMILES string of the molecule is Cc1nn(C)c(C)c1CC(=O)O[C@@H]1C[C@H]2CC[C@@]1(C)C2(C)C. The second-order valence-electron chi connectivity index (χ2n) is 8.04. The Bertz CT molecular complexity index is 617. The highest BCUT2D eigenvalue weighted by molar-refractivity contribution is 5.73. The lowest BCUT2D eigenvalue weighted by Gasteiger charge is -2.38. The fraction of sp³-hybridized carbons (Fsp3) is 0.778. The monoisotopic (exact) mass is 304 g/mol. The van der Waals surface area contributed by atoms with Crippen LogP contribution in [-0.4, -0.2) is 21.9 Å². The predicted octanol–water partition coefficient (Wildman–Crippen LogP) is 3.34. The maximum Gasteiger partial charge on any atom is 0.310 e. The van der Waals surface area contributed by atoms with Gasteiger partial charge in [-0.15, -0.1) is 0 Å². The minimum atomic E-state index is -0.103. The molecule has 0 spiro atoms. The summed E-state index contributed by atoms with van der Waals surface area (Å²) in [6.45, 7) is 10.9. The molecule has 0 radical (unpaired) electrons. The Morgan fingerprint density at radius 1 is 1.36 bits per heavy atom. The molecule has 4 heteroatoms. The molecule has 0 aliphatic heterocycles. The number of nitrogens with zero attached hydrogens (tertiary/aromatic N) is 2. The van der Waals surface area contributed by atoms with Crippen LogP contribution in [0.2, 0.25) is 0 Å². The number of ether oxygens (including phenoxy) is 1. The number of hydrogen-bond acceptors (Lipinski definition) is 3. The summed E-state index contributed by atoms with van der Waals surface area (Å²) < 4.78 is 7.76. The number of hydrogen-bond donors (Lipinski definition) is 0. The topological polar surface area (TPSA) is 44.1 Å². The summed E-state index contributed by atoms with van der Waals surface area (Å²) in [6, 6.07) is 0. The molecule has 3 rings (SSSR count). The van der Waals surface area contributed by atoms with Crippen molar-refractivity contribution in [1.29, 1.82) is 0 Å². The molecule has 0 amide bonds. The highest BCUT2D eigenvalue weighted by atomic mass is 16.5. The van der Waals surface area contributed by atoms with Crippen LogP contribution in [0.15, 0.2) is 0 Å². The number of esters is 1. The molecule has 0 aromatic carbocycles. The van der Waals surface area contributed by atoms with Gasteiger partial charge in [-0.2, -0.15) is 5.10 Å². The first-order chi connectivity index (χ1) is 10.2. The molecule has 2 aliphatic rings. The van der Waals surface area contributed by atoms with E-state index in [0.29, 0.717) is 12.3 Å². The van der Waals surface area contributed by atoms with Gasteiger partial charge in [-0.25, -0.2) is 0 Å². The molecule has 1 aromatic heterocycles. The summed E-state index contributed by atoms with van der Waals surface area (Å²) >= 11 is 0. The largest absolute Gasteiger partial charge is 0.462 e. The summed E-state index contributed by atoms with van der Waals surface area (Å²) in [7, 11) is 1.91. The van der Waals surface area contributed by atoms with Crippen molar-refractivity contribution in [2.75, 3.05) is 0 Å². The van der Waals surface area contributed by atoms with Crippen LogP contribution in [0.1, 0.15) is 57.0 Å². The second kappa shape index (κ2) is 4.84. The first kappa shape index (κ1) is 15.6. The Balaban J connectivity index is 1.71. The molecule has 0 saturated heterocycles. The standard InChI is InChI=1S/C18H28N2O2/c1-11-14(12(2)20(6)19-11)10-16(21)22-15-9-13-7-8-18(15,5)17(13,3)4/h13,15H,7-10H2,1-6H3/t13-,15-,18-/m1/s1. The summed E-state index contributed by atoms with van der Waals surface area (Å²) in [6.07, 6.45) is 3.89. The number of aromatic nitrogens is 2. The van der Waals surface area contributed by atoms with Gasteiger partial charge in [-0.1, -0.05) is 20.8 Å². The molecule has 122 valence electrons. The molecule has 4 nitrogen and oxygen atoms in total. The number of carbonyl (C=O) groups excluding carboxylic acids is 1.